The number of ether oxygens (including phenoxy) is 1. The highest BCUT2D eigenvalue weighted by molar-refractivity contribution is 5.87. The molecule has 0 unspecified atom stereocenters. The number of allylic oxidation sites excluding steroid dienone is 2. The van der Waals surface area contributed by atoms with Crippen LogP contribution in [0, 0.1) is 0 Å². The molecule has 0 aliphatic carbocycles. The number of aromatic nitrogens is 1. The summed E-state index contributed by atoms with van der Waals surface area (Å²) in [4.78, 5) is 15.0. The zero-order valence-electron chi connectivity index (χ0n) is 10.6. The summed E-state index contributed by atoms with van der Waals surface area (Å²) in [5.74, 6) is 0.749. The van der Waals surface area contributed by atoms with Crippen LogP contribution in [0.1, 0.15) is 5.69 Å². The topological polar surface area (TPSA) is 54.1 Å². The molecule has 0 radical (unpaired) electrons. The third kappa shape index (κ3) is 2.12. The quantitative estimate of drug-likeness (QED) is 0.862. The Hall–Kier alpha value is -2.49. The van der Waals surface area contributed by atoms with Crippen molar-refractivity contribution in [1.29, 1.82) is 0 Å². The first-order chi connectivity index (χ1) is 9.28. The van der Waals surface area contributed by atoms with E-state index in [-0.39, 0.29) is 5.56 Å². The Bertz CT molecular complexity index is 741. The number of fused-ring (bicyclic) bond motifs is 1. The van der Waals surface area contributed by atoms with Gasteiger partial charge in [0.25, 0.3) is 5.56 Å². The Labute approximate surface area is 110 Å². The van der Waals surface area contributed by atoms with Crippen molar-refractivity contribution >= 4 is 16.3 Å². The van der Waals surface area contributed by atoms with Crippen LogP contribution in [0.3, 0.4) is 0 Å². The molecule has 1 aliphatic rings. The average molecular weight is 254 g/mol. The highest BCUT2D eigenvalue weighted by atomic mass is 16.5. The van der Waals surface area contributed by atoms with Crippen LogP contribution < -0.4 is 15.6 Å². The zero-order valence-corrected chi connectivity index (χ0v) is 10.6. The van der Waals surface area contributed by atoms with Crippen molar-refractivity contribution in [3.05, 3.63) is 58.7 Å². The maximum absolute atomic E-state index is 12.1. The number of hydrogen-bond acceptors (Lipinski definition) is 3. The third-order valence-corrected chi connectivity index (χ3v) is 3.18. The third-order valence-electron chi connectivity index (χ3n) is 3.18. The van der Waals surface area contributed by atoms with E-state index in [4.69, 9.17) is 4.74 Å². The highest BCUT2D eigenvalue weighted by Gasteiger charge is 2.07. The molecule has 0 amide bonds. The first-order valence-electron chi connectivity index (χ1n) is 6.09. The molecule has 0 saturated carbocycles. The highest BCUT2D eigenvalue weighted by Crippen LogP contribution is 2.22. The molecule has 2 heterocycles. The van der Waals surface area contributed by atoms with Crippen LogP contribution in [0.4, 0.5) is 0 Å². The van der Waals surface area contributed by atoms with E-state index >= 15 is 0 Å². The number of dihydropyridines is 1. The largest absolute Gasteiger partial charge is 0.497 e. The van der Waals surface area contributed by atoms with Gasteiger partial charge in [-0.1, -0.05) is 6.08 Å². The lowest BCUT2D eigenvalue weighted by Gasteiger charge is -2.10. The predicted molar refractivity (Wildman–Crippen MR) is 76.2 cm³/mol. The van der Waals surface area contributed by atoms with Crippen molar-refractivity contribution in [3.8, 4) is 5.75 Å². The van der Waals surface area contributed by atoms with Gasteiger partial charge < -0.3 is 15.0 Å². The molecule has 0 spiro atoms. The summed E-state index contributed by atoms with van der Waals surface area (Å²) in [6.45, 7) is 0.768. The lowest BCUT2D eigenvalue weighted by atomic mass is 10.1. The van der Waals surface area contributed by atoms with Crippen LogP contribution >= 0.6 is 0 Å². The van der Waals surface area contributed by atoms with Crippen LogP contribution in [0.5, 0.6) is 5.75 Å². The van der Waals surface area contributed by atoms with Gasteiger partial charge in [0.1, 0.15) is 5.75 Å². The molecule has 0 saturated heterocycles. The van der Waals surface area contributed by atoms with E-state index in [2.05, 4.69) is 10.3 Å². The minimum atomic E-state index is -0.0806. The van der Waals surface area contributed by atoms with Crippen LogP contribution in [0.2, 0.25) is 0 Å². The first-order valence-corrected chi connectivity index (χ1v) is 6.09. The molecule has 2 aromatic rings. The Morgan fingerprint density at radius 1 is 1.26 bits per heavy atom. The van der Waals surface area contributed by atoms with Crippen molar-refractivity contribution in [2.24, 2.45) is 0 Å². The number of rotatable bonds is 2. The van der Waals surface area contributed by atoms with Gasteiger partial charge in [-0.2, -0.15) is 0 Å². The minimum Gasteiger partial charge on any atom is -0.497 e. The summed E-state index contributed by atoms with van der Waals surface area (Å²) in [5.41, 5.74) is 1.76. The lowest BCUT2D eigenvalue weighted by Crippen LogP contribution is -2.12. The Morgan fingerprint density at radius 2 is 2.16 bits per heavy atom. The minimum absolute atomic E-state index is 0.0806. The fourth-order valence-corrected chi connectivity index (χ4v) is 2.18. The number of pyridine rings is 1. The van der Waals surface area contributed by atoms with Crippen LogP contribution in [-0.4, -0.2) is 18.6 Å². The fraction of sp³-hybridized carbons (Fsp3) is 0.133. The molecule has 1 aromatic carbocycles. The van der Waals surface area contributed by atoms with Crippen molar-refractivity contribution in [1.82, 2.24) is 10.3 Å². The molecule has 4 heteroatoms. The number of H-pyrrole nitrogens is 1. The molecule has 0 bridgehead atoms. The molecular weight excluding hydrogens is 240 g/mol. The van der Waals surface area contributed by atoms with E-state index in [9.17, 15) is 4.79 Å². The van der Waals surface area contributed by atoms with Gasteiger partial charge in [0.05, 0.1) is 7.11 Å². The van der Waals surface area contributed by atoms with Gasteiger partial charge >= 0.3 is 0 Å². The van der Waals surface area contributed by atoms with Gasteiger partial charge in [0, 0.05) is 17.6 Å². The number of aromatic amines is 1. The predicted octanol–water partition coefficient (Wildman–Crippen LogP) is 2.04. The molecular formula is C15H14N2O2. The van der Waals surface area contributed by atoms with Crippen LogP contribution in [-0.2, 0) is 0 Å². The molecule has 3 rings (SSSR count). The molecule has 2 N–H and O–H groups in total. The maximum Gasteiger partial charge on any atom is 0.256 e. The number of nitrogens with one attached hydrogen (secondary N) is 2. The Balaban J connectivity index is 2.19. The molecule has 4 nitrogen and oxygen atoms in total. The fourth-order valence-electron chi connectivity index (χ4n) is 2.18. The van der Waals surface area contributed by atoms with Gasteiger partial charge in [-0.3, -0.25) is 4.79 Å². The molecule has 0 atom stereocenters. The summed E-state index contributed by atoms with van der Waals surface area (Å²) >= 11 is 0. The number of benzene rings is 1. The van der Waals surface area contributed by atoms with Crippen molar-refractivity contribution in [2.45, 2.75) is 0 Å². The van der Waals surface area contributed by atoms with Crippen LogP contribution in [0.25, 0.3) is 16.3 Å². The first kappa shape index (κ1) is 11.6. The van der Waals surface area contributed by atoms with E-state index < -0.39 is 0 Å². The van der Waals surface area contributed by atoms with Crippen molar-refractivity contribution in [3.63, 3.8) is 0 Å². The number of methoxy groups -OCH3 is 1. The van der Waals surface area contributed by atoms with E-state index in [1.165, 1.54) is 0 Å². The summed E-state index contributed by atoms with van der Waals surface area (Å²) in [6, 6.07) is 7.42. The average Bonchev–Trinajstić information content (AvgIpc) is 2.47. The van der Waals surface area contributed by atoms with Gasteiger partial charge in [-0.15, -0.1) is 0 Å². The molecule has 1 aromatic heterocycles. The SMILES string of the molecule is COc1ccc2c(=O)[nH]c(C3=CCNC=C3)cc2c1. The molecule has 96 valence electrons. The second-order valence-corrected chi connectivity index (χ2v) is 4.37. The van der Waals surface area contributed by atoms with E-state index in [0.29, 0.717) is 5.39 Å². The zero-order chi connectivity index (χ0) is 13.2. The second-order valence-electron chi connectivity index (χ2n) is 4.37. The Kier molecular flexibility index (Phi) is 2.83. The summed E-state index contributed by atoms with van der Waals surface area (Å²) in [7, 11) is 1.62. The lowest BCUT2D eigenvalue weighted by molar-refractivity contribution is 0.415. The van der Waals surface area contributed by atoms with E-state index in [0.717, 1.165) is 28.9 Å². The summed E-state index contributed by atoms with van der Waals surface area (Å²) in [6.07, 6.45) is 5.86. The van der Waals surface area contributed by atoms with Gasteiger partial charge in [-0.25, -0.2) is 0 Å². The smallest absolute Gasteiger partial charge is 0.256 e. The monoisotopic (exact) mass is 254 g/mol. The second kappa shape index (κ2) is 4.65. The summed E-state index contributed by atoms with van der Waals surface area (Å²) in [5, 5.41) is 4.64. The molecule has 0 fully saturated rings. The van der Waals surface area contributed by atoms with Crippen molar-refractivity contribution < 1.29 is 4.74 Å². The Morgan fingerprint density at radius 3 is 2.89 bits per heavy atom. The van der Waals surface area contributed by atoms with E-state index in [1.807, 2.05) is 30.5 Å². The molecule has 1 aliphatic heterocycles. The van der Waals surface area contributed by atoms with Gasteiger partial charge in [-0.05, 0) is 47.5 Å². The van der Waals surface area contributed by atoms with Crippen LogP contribution in [0.15, 0.2) is 47.4 Å². The van der Waals surface area contributed by atoms with Crippen molar-refractivity contribution in [2.75, 3.05) is 13.7 Å². The molecule has 19 heavy (non-hydrogen) atoms. The normalized spacial score (nSPS) is 14.1. The maximum atomic E-state index is 12.1. The number of hydrogen-bond donors (Lipinski definition) is 2. The van der Waals surface area contributed by atoms with Gasteiger partial charge in [0.2, 0.25) is 0 Å². The van der Waals surface area contributed by atoms with Gasteiger partial charge in [0.15, 0.2) is 0 Å². The standard InChI is InChI=1S/C15H14N2O2/c1-19-12-2-3-13-11(8-12)9-14(17-15(13)18)10-4-6-16-7-5-10/h2-6,8-9,16H,7H2,1H3,(H,17,18). The van der Waals surface area contributed by atoms with E-state index in [1.54, 1.807) is 19.2 Å². The summed E-state index contributed by atoms with van der Waals surface area (Å²) < 4.78 is 5.20.